The molecule has 2 saturated heterocycles. The van der Waals surface area contributed by atoms with Crippen molar-refractivity contribution in [3.8, 4) is 0 Å². The van der Waals surface area contributed by atoms with Crippen molar-refractivity contribution in [1.29, 1.82) is 21.6 Å². The van der Waals surface area contributed by atoms with Gasteiger partial charge in [0.2, 0.25) is 5.95 Å². The quantitative estimate of drug-likeness (QED) is 0.0497. The average Bonchev–Trinajstić information content (AvgIpc) is 3.84. The number of amides is 2. The van der Waals surface area contributed by atoms with E-state index in [9.17, 15) is 9.59 Å². The third-order valence-corrected chi connectivity index (χ3v) is 13.9. The summed E-state index contributed by atoms with van der Waals surface area (Å²) >= 11 is 0. The molecule has 390 valence electrons. The number of carbonyl (C=O) groups excluding carboxylic acids is 2. The summed E-state index contributed by atoms with van der Waals surface area (Å²) in [6.07, 6.45) is 25.0. The van der Waals surface area contributed by atoms with Gasteiger partial charge in [-0.25, -0.2) is 15.0 Å². The minimum absolute atomic E-state index is 0. The largest absolute Gasteiger partial charge is 0.352 e. The molecular weight excluding hydrogens is 927 g/mol. The first-order valence-electron chi connectivity index (χ1n) is 25.4. The average molecular weight is 1000 g/mol. The van der Waals surface area contributed by atoms with Gasteiger partial charge in [0.25, 0.3) is 11.8 Å². The molecule has 17 heteroatoms. The van der Waals surface area contributed by atoms with Gasteiger partial charge in [0.15, 0.2) is 0 Å². The zero-order valence-corrected chi connectivity index (χ0v) is 44.1. The number of amidine groups is 4. The number of carbonyl (C=O) groups is 2. The summed E-state index contributed by atoms with van der Waals surface area (Å²) in [5, 5.41) is 39.8. The van der Waals surface area contributed by atoms with Gasteiger partial charge in [-0.1, -0.05) is 56.9 Å². The highest BCUT2D eigenvalue weighted by Gasteiger charge is 2.41. The minimum atomic E-state index is -0.666. The molecular formula is C57H75N15O2. The van der Waals surface area contributed by atoms with E-state index in [1.54, 1.807) is 60.2 Å². The third-order valence-electron chi connectivity index (χ3n) is 13.9. The van der Waals surface area contributed by atoms with Gasteiger partial charge in [-0.15, -0.1) is 0 Å². The van der Waals surface area contributed by atoms with Crippen molar-refractivity contribution in [3.63, 3.8) is 0 Å². The number of likely N-dealkylation sites (tertiary alicyclic amines) is 2. The minimum Gasteiger partial charge on any atom is -0.352 e. The SMILES string of the molecule is C=C(/C=C\C=C(/C)C(=N)N1C(=N)CCC1(C)C)NC(=O)c1cc2c(cn1)CCN(c1ccccn1)C2.CC.CC1(NC(=O)c2cc3c(cn2)CCN(c2ncccn2)C3)C=CC=C(C(=N)N2C(=N)CCC2(C)C)C1.[HH].[HH]. The number of fused-ring (bicyclic) bond motifs is 2. The van der Waals surface area contributed by atoms with Gasteiger partial charge >= 0.3 is 0 Å². The van der Waals surface area contributed by atoms with Gasteiger partial charge < -0.3 is 30.2 Å². The summed E-state index contributed by atoms with van der Waals surface area (Å²) in [4.78, 5) is 55.9. The van der Waals surface area contributed by atoms with E-state index in [1.165, 1.54) is 0 Å². The molecule has 9 rings (SSSR count). The van der Waals surface area contributed by atoms with Crippen molar-refractivity contribution in [2.45, 2.75) is 130 Å². The molecule has 6 N–H and O–H groups in total. The number of pyridine rings is 3. The first kappa shape index (κ1) is 53.8. The highest BCUT2D eigenvalue weighted by molar-refractivity contribution is 6.09. The Morgan fingerprint density at radius 1 is 0.743 bits per heavy atom. The molecule has 1 aliphatic carbocycles. The molecule has 0 aromatic carbocycles. The second-order valence-corrected chi connectivity index (χ2v) is 20.4. The lowest BCUT2D eigenvalue weighted by atomic mass is 9.86. The van der Waals surface area contributed by atoms with E-state index in [-0.39, 0.29) is 25.7 Å². The van der Waals surface area contributed by atoms with Crippen molar-refractivity contribution in [2.24, 2.45) is 0 Å². The Bertz CT molecular complexity index is 2950. The van der Waals surface area contributed by atoms with Crippen molar-refractivity contribution in [2.75, 3.05) is 22.9 Å². The maximum Gasteiger partial charge on any atom is 0.274 e. The zero-order valence-electron chi connectivity index (χ0n) is 44.1. The molecule has 0 spiro atoms. The van der Waals surface area contributed by atoms with E-state index in [1.807, 2.05) is 81.2 Å². The zero-order chi connectivity index (χ0) is 53.4. The van der Waals surface area contributed by atoms with Crippen LogP contribution in [0.2, 0.25) is 0 Å². The highest BCUT2D eigenvalue weighted by atomic mass is 16.2. The number of allylic oxidation sites excluding steroid dienone is 5. The number of aromatic nitrogens is 5. The summed E-state index contributed by atoms with van der Waals surface area (Å²) in [5.74, 6) is 2.64. The van der Waals surface area contributed by atoms with Crippen LogP contribution in [0.3, 0.4) is 0 Å². The number of nitrogens with one attached hydrogen (secondary N) is 6. The summed E-state index contributed by atoms with van der Waals surface area (Å²) < 4.78 is 0. The molecule has 0 bridgehead atoms. The predicted octanol–water partition coefficient (Wildman–Crippen LogP) is 9.77. The molecule has 4 aromatic rings. The fourth-order valence-corrected chi connectivity index (χ4v) is 9.81. The van der Waals surface area contributed by atoms with Gasteiger partial charge in [0.05, 0.1) is 5.54 Å². The van der Waals surface area contributed by atoms with Crippen LogP contribution in [-0.2, 0) is 25.9 Å². The molecule has 0 saturated carbocycles. The van der Waals surface area contributed by atoms with E-state index in [4.69, 9.17) is 21.6 Å². The van der Waals surface area contributed by atoms with Crippen LogP contribution in [0.25, 0.3) is 0 Å². The standard InChI is InChI=1S/C28H33N7O.C27H32N8O.C2H6.2H2/c1-19(26(30)35-24(29)11-13-28(35,3)4)8-7-9-20(2)33-27(36)23-16-22-18-34(15-12-21(22)17-32-23)25-10-5-6-14-31-25;1-26(2)10-7-22(28)35(26)23(29)18-6-4-9-27(3,15-18)33-24(36)21-14-20-17-34(13-8-19(20)16-32-21)25-30-11-5-12-31-25;1-2;;/h5-10,14,16-17,29-30H,2,11-13,15,18H2,1,3-4H3,(H,33,36);4-6,9,11-12,14,16,28-29H,7-8,10,13,15,17H2,1-3H3,(H,33,36);1-2H3;2*1H/b9-7-,19-8+,29-24?,30-26?;;;;. The molecule has 0 radical (unpaired) electrons. The van der Waals surface area contributed by atoms with Crippen LogP contribution in [0.5, 0.6) is 0 Å². The molecule has 4 aromatic heterocycles. The summed E-state index contributed by atoms with van der Waals surface area (Å²) in [6, 6.07) is 11.4. The number of anilines is 2. The number of nitrogens with zero attached hydrogens (tertiary/aromatic N) is 9. The Morgan fingerprint density at radius 3 is 1.92 bits per heavy atom. The number of hydrogen-bond acceptors (Lipinski definition) is 13. The number of hydrogen-bond donors (Lipinski definition) is 6. The lowest BCUT2D eigenvalue weighted by Crippen LogP contribution is -2.49. The smallest absolute Gasteiger partial charge is 0.274 e. The maximum atomic E-state index is 13.3. The lowest BCUT2D eigenvalue weighted by Gasteiger charge is -2.37. The molecule has 2 fully saturated rings. The third kappa shape index (κ3) is 12.4. The Hall–Kier alpha value is -7.95. The van der Waals surface area contributed by atoms with Crippen molar-refractivity contribution in [3.05, 3.63) is 161 Å². The van der Waals surface area contributed by atoms with Crippen molar-refractivity contribution >= 4 is 46.9 Å². The van der Waals surface area contributed by atoms with Crippen molar-refractivity contribution in [1.82, 2.24) is 45.4 Å². The van der Waals surface area contributed by atoms with Crippen LogP contribution in [-0.4, -0.2) is 99.6 Å². The Balaban J connectivity index is 0.000000265. The number of rotatable bonds is 10. The van der Waals surface area contributed by atoms with Gasteiger partial charge in [-0.3, -0.25) is 41.2 Å². The van der Waals surface area contributed by atoms with Crippen LogP contribution in [0, 0.1) is 21.6 Å². The van der Waals surface area contributed by atoms with Crippen LogP contribution in [0.4, 0.5) is 11.8 Å². The Kier molecular flexibility index (Phi) is 16.6. The van der Waals surface area contributed by atoms with E-state index in [0.717, 1.165) is 78.0 Å². The van der Waals surface area contributed by atoms with Crippen LogP contribution in [0.1, 0.15) is 134 Å². The normalized spacial score (nSPS) is 19.6. The Morgan fingerprint density at radius 2 is 1.32 bits per heavy atom. The van der Waals surface area contributed by atoms with E-state index < -0.39 is 5.54 Å². The molecule has 1 unspecified atom stereocenters. The first-order valence-corrected chi connectivity index (χ1v) is 25.4. The van der Waals surface area contributed by atoms with E-state index in [0.29, 0.717) is 78.7 Å². The van der Waals surface area contributed by atoms with Crippen molar-refractivity contribution < 1.29 is 12.4 Å². The van der Waals surface area contributed by atoms with Gasteiger partial charge in [-0.2, -0.15) is 0 Å². The van der Waals surface area contributed by atoms with E-state index >= 15 is 0 Å². The molecule has 4 aliphatic heterocycles. The fourth-order valence-electron chi connectivity index (χ4n) is 9.81. The summed E-state index contributed by atoms with van der Waals surface area (Å²) in [7, 11) is 0. The van der Waals surface area contributed by atoms with Gasteiger partial charge in [0.1, 0.15) is 40.5 Å². The monoisotopic (exact) mass is 1000 g/mol. The molecule has 5 aliphatic rings. The summed E-state index contributed by atoms with van der Waals surface area (Å²) in [6.45, 7) is 22.9. The highest BCUT2D eigenvalue weighted by Crippen LogP contribution is 2.35. The maximum absolute atomic E-state index is 13.3. The van der Waals surface area contributed by atoms with Gasteiger partial charge in [-0.05, 0) is 137 Å². The topological polar surface area (TPSA) is 231 Å². The van der Waals surface area contributed by atoms with Crippen LogP contribution < -0.4 is 20.4 Å². The Labute approximate surface area is 438 Å². The van der Waals surface area contributed by atoms with Crippen LogP contribution in [0.15, 0.2) is 127 Å². The van der Waals surface area contributed by atoms with E-state index in [2.05, 4.69) is 79.6 Å². The van der Waals surface area contributed by atoms with Crippen LogP contribution >= 0.6 is 0 Å². The molecule has 74 heavy (non-hydrogen) atoms. The van der Waals surface area contributed by atoms with Gasteiger partial charge in [0, 0.05) is 96.1 Å². The molecule has 2 amide bonds. The fraction of sp³-hybridized carbons (Fsp3) is 0.386. The first-order chi connectivity index (χ1) is 35.3. The second-order valence-electron chi connectivity index (χ2n) is 20.4. The molecule has 17 nitrogen and oxygen atoms in total. The molecule has 8 heterocycles. The lowest BCUT2D eigenvalue weighted by molar-refractivity contribution is 0.0915. The molecule has 1 atom stereocenters. The second kappa shape index (κ2) is 22.9. The summed E-state index contributed by atoms with van der Waals surface area (Å²) in [5.41, 5.74) is 5.92. The predicted molar refractivity (Wildman–Crippen MR) is 298 cm³/mol.